The molecule has 0 fully saturated rings. The number of sulfonamides is 1. The molecule has 0 radical (unpaired) electrons. The predicted molar refractivity (Wildman–Crippen MR) is 77.6 cm³/mol. The van der Waals surface area contributed by atoms with E-state index < -0.39 is 16.0 Å². The molecule has 20 heavy (non-hydrogen) atoms. The third-order valence-corrected chi connectivity index (χ3v) is 4.01. The second-order valence-corrected chi connectivity index (χ2v) is 6.45. The van der Waals surface area contributed by atoms with E-state index in [-0.39, 0.29) is 16.5 Å². The van der Waals surface area contributed by atoms with Crippen molar-refractivity contribution < 1.29 is 18.3 Å². The quantitative estimate of drug-likeness (QED) is 0.714. The minimum absolute atomic E-state index is 0.0332. The van der Waals surface area contributed by atoms with Gasteiger partial charge in [-0.05, 0) is 38.5 Å². The number of carboxylic acid groups (broad SMARTS) is 1. The summed E-state index contributed by atoms with van der Waals surface area (Å²) < 4.78 is 26.9. The molecule has 0 heterocycles. The van der Waals surface area contributed by atoms with E-state index >= 15 is 0 Å². The average Bonchev–Trinajstić information content (AvgIpc) is 2.35. The van der Waals surface area contributed by atoms with Gasteiger partial charge in [0.25, 0.3) is 0 Å². The number of anilines is 1. The van der Waals surface area contributed by atoms with Crippen LogP contribution in [0.1, 0.15) is 37.6 Å². The molecule has 3 N–H and O–H groups in total. The number of aromatic carboxylic acids is 1. The van der Waals surface area contributed by atoms with E-state index in [1.807, 2.05) is 20.8 Å². The second-order valence-electron chi connectivity index (χ2n) is 4.71. The predicted octanol–water partition coefficient (Wildman–Crippen LogP) is 1.89. The van der Waals surface area contributed by atoms with E-state index in [2.05, 4.69) is 10.0 Å². The Morgan fingerprint density at radius 2 is 2.00 bits per heavy atom. The van der Waals surface area contributed by atoms with Crippen molar-refractivity contribution in [2.24, 2.45) is 0 Å². The van der Waals surface area contributed by atoms with Crippen LogP contribution in [-0.2, 0) is 10.0 Å². The van der Waals surface area contributed by atoms with Gasteiger partial charge < -0.3 is 10.4 Å². The first-order valence-electron chi connectivity index (χ1n) is 6.41. The van der Waals surface area contributed by atoms with Gasteiger partial charge >= 0.3 is 5.97 Å². The van der Waals surface area contributed by atoms with Crippen molar-refractivity contribution in [1.29, 1.82) is 0 Å². The summed E-state index contributed by atoms with van der Waals surface area (Å²) in [5, 5.41) is 12.0. The number of hydrogen-bond acceptors (Lipinski definition) is 4. The smallest absolute Gasteiger partial charge is 0.335 e. The third kappa shape index (κ3) is 4.21. The molecule has 0 aliphatic rings. The van der Waals surface area contributed by atoms with Crippen LogP contribution in [0.25, 0.3) is 0 Å². The first-order chi connectivity index (χ1) is 9.27. The Balaban J connectivity index is 3.30. The van der Waals surface area contributed by atoms with Crippen LogP contribution in [0.15, 0.2) is 23.1 Å². The molecule has 0 bridgehead atoms. The molecular formula is C13H20N2O4S. The van der Waals surface area contributed by atoms with Crippen LogP contribution in [0.2, 0.25) is 0 Å². The molecule has 0 spiro atoms. The van der Waals surface area contributed by atoms with Crippen LogP contribution < -0.4 is 10.0 Å². The average molecular weight is 300 g/mol. The van der Waals surface area contributed by atoms with Gasteiger partial charge in [-0.15, -0.1) is 0 Å². The lowest BCUT2D eigenvalue weighted by Crippen LogP contribution is -2.26. The molecule has 0 aliphatic heterocycles. The van der Waals surface area contributed by atoms with Gasteiger partial charge in [0.1, 0.15) is 4.90 Å². The minimum Gasteiger partial charge on any atom is -0.478 e. The maximum absolute atomic E-state index is 12.2. The lowest BCUT2D eigenvalue weighted by molar-refractivity contribution is 0.0696. The first kappa shape index (κ1) is 16.5. The summed E-state index contributed by atoms with van der Waals surface area (Å²) >= 11 is 0. The zero-order chi connectivity index (χ0) is 15.3. The highest BCUT2D eigenvalue weighted by Gasteiger charge is 2.20. The van der Waals surface area contributed by atoms with Gasteiger partial charge in [-0.25, -0.2) is 17.9 Å². The van der Waals surface area contributed by atoms with Crippen molar-refractivity contribution in [2.75, 3.05) is 11.9 Å². The molecule has 7 heteroatoms. The highest BCUT2D eigenvalue weighted by atomic mass is 32.2. The molecule has 0 unspecified atom stereocenters. The van der Waals surface area contributed by atoms with E-state index in [4.69, 9.17) is 5.11 Å². The molecule has 0 saturated carbocycles. The van der Waals surface area contributed by atoms with E-state index in [1.165, 1.54) is 18.2 Å². The molecular weight excluding hydrogens is 280 g/mol. The zero-order valence-electron chi connectivity index (χ0n) is 11.8. The third-order valence-electron chi connectivity index (χ3n) is 2.50. The van der Waals surface area contributed by atoms with Crippen molar-refractivity contribution >= 4 is 21.7 Å². The number of hydrogen-bond donors (Lipinski definition) is 3. The summed E-state index contributed by atoms with van der Waals surface area (Å²) in [6.07, 6.45) is 0.658. The number of nitrogens with one attached hydrogen (secondary N) is 2. The van der Waals surface area contributed by atoms with Gasteiger partial charge in [0.2, 0.25) is 10.0 Å². The summed E-state index contributed by atoms with van der Waals surface area (Å²) in [7, 11) is -3.73. The monoisotopic (exact) mass is 300 g/mol. The Hall–Kier alpha value is -1.60. The fourth-order valence-corrected chi connectivity index (χ4v) is 2.95. The summed E-state index contributed by atoms with van der Waals surface area (Å²) in [4.78, 5) is 10.9. The maximum atomic E-state index is 12.2. The van der Waals surface area contributed by atoms with Crippen LogP contribution in [0.4, 0.5) is 5.69 Å². The fraction of sp³-hybridized carbons (Fsp3) is 0.462. The summed E-state index contributed by atoms with van der Waals surface area (Å²) in [5.74, 6) is -1.16. The first-order valence-corrected chi connectivity index (χ1v) is 7.89. The number of rotatable bonds is 7. The van der Waals surface area contributed by atoms with E-state index in [1.54, 1.807) is 0 Å². The van der Waals surface area contributed by atoms with Crippen LogP contribution in [0.3, 0.4) is 0 Å². The lowest BCUT2D eigenvalue weighted by Gasteiger charge is -2.16. The molecule has 0 saturated heterocycles. The Morgan fingerprint density at radius 3 is 2.50 bits per heavy atom. The molecule has 1 aromatic rings. The summed E-state index contributed by atoms with van der Waals surface area (Å²) in [6, 6.07) is 4.06. The summed E-state index contributed by atoms with van der Waals surface area (Å²) in [6.45, 7) is 5.91. The van der Waals surface area contributed by atoms with Gasteiger partial charge in [0.15, 0.2) is 0 Å². The maximum Gasteiger partial charge on any atom is 0.335 e. The summed E-state index contributed by atoms with van der Waals surface area (Å²) in [5.41, 5.74) is 0.338. The van der Waals surface area contributed by atoms with Crippen molar-refractivity contribution in [3.05, 3.63) is 23.8 Å². The SMILES string of the molecule is CCCNS(=O)(=O)c1cc(C(=O)O)ccc1NC(C)C. The Bertz CT molecular complexity index is 582. The van der Waals surface area contributed by atoms with E-state index in [0.29, 0.717) is 18.7 Å². The van der Waals surface area contributed by atoms with E-state index in [9.17, 15) is 13.2 Å². The van der Waals surface area contributed by atoms with E-state index in [0.717, 1.165) is 0 Å². The number of benzene rings is 1. The molecule has 0 atom stereocenters. The van der Waals surface area contributed by atoms with Gasteiger partial charge in [-0.3, -0.25) is 0 Å². The topological polar surface area (TPSA) is 95.5 Å². The largest absolute Gasteiger partial charge is 0.478 e. The van der Waals surface area contributed by atoms with Crippen LogP contribution in [0, 0.1) is 0 Å². The Labute approximate surface area is 119 Å². The van der Waals surface area contributed by atoms with Crippen LogP contribution in [-0.4, -0.2) is 32.1 Å². The van der Waals surface area contributed by atoms with Gasteiger partial charge in [-0.1, -0.05) is 6.92 Å². The standard InChI is InChI=1S/C13H20N2O4S/c1-4-7-14-20(18,19)12-8-10(13(16)17)5-6-11(12)15-9(2)3/h5-6,8-9,14-15H,4,7H2,1-3H3,(H,16,17). The highest BCUT2D eigenvalue weighted by Crippen LogP contribution is 2.23. The van der Waals surface area contributed by atoms with Gasteiger partial charge in [-0.2, -0.15) is 0 Å². The minimum atomic E-state index is -3.73. The van der Waals surface area contributed by atoms with Crippen molar-refractivity contribution in [3.8, 4) is 0 Å². The molecule has 0 aliphatic carbocycles. The van der Waals surface area contributed by atoms with Gasteiger partial charge in [0, 0.05) is 12.6 Å². The Kier molecular flexibility index (Phi) is 5.52. The molecule has 112 valence electrons. The number of carbonyl (C=O) groups is 1. The molecule has 6 nitrogen and oxygen atoms in total. The molecule has 0 aromatic heterocycles. The fourth-order valence-electron chi connectivity index (χ4n) is 1.62. The highest BCUT2D eigenvalue weighted by molar-refractivity contribution is 7.89. The molecule has 1 aromatic carbocycles. The molecule has 1 rings (SSSR count). The second kappa shape index (κ2) is 6.71. The number of carboxylic acids is 1. The lowest BCUT2D eigenvalue weighted by atomic mass is 10.2. The Morgan fingerprint density at radius 1 is 1.35 bits per heavy atom. The zero-order valence-corrected chi connectivity index (χ0v) is 12.6. The van der Waals surface area contributed by atoms with Gasteiger partial charge in [0.05, 0.1) is 11.3 Å². The van der Waals surface area contributed by atoms with Crippen molar-refractivity contribution in [2.45, 2.75) is 38.1 Å². The van der Waals surface area contributed by atoms with Crippen LogP contribution in [0.5, 0.6) is 0 Å². The normalized spacial score (nSPS) is 11.6. The van der Waals surface area contributed by atoms with Crippen molar-refractivity contribution in [3.63, 3.8) is 0 Å². The van der Waals surface area contributed by atoms with Crippen LogP contribution >= 0.6 is 0 Å². The molecule has 0 amide bonds. The van der Waals surface area contributed by atoms with Crippen molar-refractivity contribution in [1.82, 2.24) is 4.72 Å².